The number of aryl methyl sites for hydroxylation is 2. The van der Waals surface area contributed by atoms with Crippen molar-refractivity contribution in [3.05, 3.63) is 17.5 Å². The largest absolute Gasteiger partial charge is 0.274 e. The van der Waals surface area contributed by atoms with Crippen LogP contribution in [-0.4, -0.2) is 32.4 Å². The normalized spacial score (nSPS) is 15.8. The molecule has 0 N–H and O–H groups in total. The van der Waals surface area contributed by atoms with Crippen LogP contribution in [0.5, 0.6) is 0 Å². The number of rotatable bonds is 2. The van der Waals surface area contributed by atoms with Crippen molar-refractivity contribution in [2.75, 3.05) is 0 Å². The van der Waals surface area contributed by atoms with Crippen LogP contribution < -0.4 is 0 Å². The van der Waals surface area contributed by atoms with Gasteiger partial charge in [-0.15, -0.1) is 0 Å². The van der Waals surface area contributed by atoms with Gasteiger partial charge in [-0.3, -0.25) is 19.1 Å². The van der Waals surface area contributed by atoms with Gasteiger partial charge in [-0.2, -0.15) is 5.10 Å². The highest BCUT2D eigenvalue weighted by Gasteiger charge is 2.34. The summed E-state index contributed by atoms with van der Waals surface area (Å²) in [6.07, 6.45) is 0.253. The molecule has 0 saturated carbocycles. The Balaban J connectivity index is 2.14. The van der Waals surface area contributed by atoms with Crippen LogP contribution in [0.4, 0.5) is 0 Å². The number of carbonyl (C=O) groups is 3. The second-order valence-corrected chi connectivity index (χ2v) is 4.10. The maximum atomic E-state index is 11.8. The third-order valence-corrected chi connectivity index (χ3v) is 2.69. The minimum atomic E-state index is -0.510. The summed E-state index contributed by atoms with van der Waals surface area (Å²) in [6.45, 7) is 3.57. The van der Waals surface area contributed by atoms with Crippen molar-refractivity contribution < 1.29 is 14.4 Å². The molecule has 0 aromatic carbocycles. The zero-order chi connectivity index (χ0) is 12.6. The number of hydrogen-bond acceptors (Lipinski definition) is 4. The van der Waals surface area contributed by atoms with Crippen LogP contribution in [0.1, 0.15) is 24.2 Å². The predicted molar refractivity (Wildman–Crippen MR) is 57.8 cm³/mol. The molecule has 6 nitrogen and oxygen atoms in total. The van der Waals surface area contributed by atoms with Gasteiger partial charge in [-0.25, -0.2) is 4.90 Å². The third-order valence-electron chi connectivity index (χ3n) is 2.69. The Labute approximate surface area is 98.2 Å². The first-order valence-electron chi connectivity index (χ1n) is 5.38. The van der Waals surface area contributed by atoms with Gasteiger partial charge in [0.25, 0.3) is 5.91 Å². The summed E-state index contributed by atoms with van der Waals surface area (Å²) in [5.74, 6) is -1.34. The van der Waals surface area contributed by atoms with E-state index in [0.717, 1.165) is 16.3 Å². The van der Waals surface area contributed by atoms with E-state index in [1.54, 1.807) is 0 Å². The van der Waals surface area contributed by atoms with E-state index in [0.29, 0.717) is 0 Å². The molecule has 3 amide bonds. The van der Waals surface area contributed by atoms with E-state index in [9.17, 15) is 14.4 Å². The molecule has 0 spiro atoms. The molecule has 0 unspecified atom stereocenters. The molecule has 0 aliphatic carbocycles. The fourth-order valence-electron chi connectivity index (χ4n) is 1.89. The van der Waals surface area contributed by atoms with Gasteiger partial charge in [-0.05, 0) is 19.9 Å². The summed E-state index contributed by atoms with van der Waals surface area (Å²) >= 11 is 0. The molecule has 17 heavy (non-hydrogen) atoms. The molecule has 1 aromatic heterocycles. The molecule has 0 radical (unpaired) electrons. The number of hydrogen-bond donors (Lipinski definition) is 0. The first kappa shape index (κ1) is 11.5. The quantitative estimate of drug-likeness (QED) is 0.685. The Morgan fingerprint density at radius 3 is 2.35 bits per heavy atom. The number of aromatic nitrogens is 2. The Kier molecular flexibility index (Phi) is 2.79. The first-order valence-corrected chi connectivity index (χ1v) is 5.38. The second-order valence-electron chi connectivity index (χ2n) is 4.10. The predicted octanol–water partition coefficient (Wildman–Crippen LogP) is 0.176. The molecule has 1 aromatic rings. The van der Waals surface area contributed by atoms with Crippen LogP contribution in [0, 0.1) is 13.8 Å². The van der Waals surface area contributed by atoms with Gasteiger partial charge in [-0.1, -0.05) is 0 Å². The van der Waals surface area contributed by atoms with Gasteiger partial charge in [0.2, 0.25) is 11.8 Å². The number of nitrogens with zero attached hydrogens (tertiary/aromatic N) is 3. The van der Waals surface area contributed by atoms with E-state index in [1.807, 2.05) is 19.9 Å². The minimum Gasteiger partial charge on any atom is -0.274 e. The summed E-state index contributed by atoms with van der Waals surface area (Å²) in [4.78, 5) is 35.3. The minimum absolute atomic E-state index is 0.0723. The van der Waals surface area contributed by atoms with Crippen LogP contribution in [0.15, 0.2) is 6.07 Å². The summed E-state index contributed by atoms with van der Waals surface area (Å²) in [5, 5.41) is 4.12. The first-order chi connectivity index (χ1) is 7.99. The molecular weight excluding hydrogens is 222 g/mol. The van der Waals surface area contributed by atoms with E-state index >= 15 is 0 Å². The Bertz CT molecular complexity index is 488. The van der Waals surface area contributed by atoms with Crippen LogP contribution in [-0.2, 0) is 20.9 Å². The molecule has 1 aliphatic heterocycles. The third kappa shape index (κ3) is 2.11. The highest BCUT2D eigenvalue weighted by molar-refractivity contribution is 6.14. The van der Waals surface area contributed by atoms with Crippen LogP contribution in [0.2, 0.25) is 0 Å². The second kappa shape index (κ2) is 4.12. The zero-order valence-electron chi connectivity index (χ0n) is 9.77. The molecule has 1 aliphatic rings. The topological polar surface area (TPSA) is 72.3 Å². The van der Waals surface area contributed by atoms with Crippen molar-refractivity contribution >= 4 is 17.7 Å². The summed E-state index contributed by atoms with van der Waals surface area (Å²) < 4.78 is 1.50. The number of carbonyl (C=O) groups excluding carboxylic acids is 3. The zero-order valence-corrected chi connectivity index (χ0v) is 9.77. The summed E-state index contributed by atoms with van der Waals surface area (Å²) in [6, 6.07) is 1.83. The van der Waals surface area contributed by atoms with Crippen molar-refractivity contribution in [1.82, 2.24) is 14.7 Å². The number of likely N-dealkylation sites (tertiary alicyclic amines) is 1. The van der Waals surface area contributed by atoms with Crippen molar-refractivity contribution in [1.29, 1.82) is 0 Å². The lowest BCUT2D eigenvalue weighted by molar-refractivity contribution is -0.149. The van der Waals surface area contributed by atoms with Crippen molar-refractivity contribution in [2.45, 2.75) is 33.2 Å². The van der Waals surface area contributed by atoms with Gasteiger partial charge < -0.3 is 0 Å². The average Bonchev–Trinajstić information content (AvgIpc) is 2.71. The fourth-order valence-corrected chi connectivity index (χ4v) is 1.89. The lowest BCUT2D eigenvalue weighted by atomic mass is 10.4. The van der Waals surface area contributed by atoms with E-state index in [4.69, 9.17) is 0 Å². The monoisotopic (exact) mass is 235 g/mol. The molecule has 0 bridgehead atoms. The van der Waals surface area contributed by atoms with Crippen LogP contribution in [0.3, 0.4) is 0 Å². The molecule has 1 fully saturated rings. The SMILES string of the molecule is Cc1cc(C)n(CC(=O)N2C(=O)CCC2=O)n1. The van der Waals surface area contributed by atoms with E-state index in [1.165, 1.54) is 4.68 Å². The van der Waals surface area contributed by atoms with Gasteiger partial charge >= 0.3 is 0 Å². The molecule has 2 heterocycles. The molecule has 1 saturated heterocycles. The Morgan fingerprint density at radius 1 is 1.29 bits per heavy atom. The smallest absolute Gasteiger partial charge is 0.257 e. The van der Waals surface area contributed by atoms with Gasteiger partial charge in [0.1, 0.15) is 6.54 Å². The van der Waals surface area contributed by atoms with Crippen molar-refractivity contribution in [3.63, 3.8) is 0 Å². The van der Waals surface area contributed by atoms with Gasteiger partial charge in [0, 0.05) is 18.5 Å². The summed E-state index contributed by atoms with van der Waals surface area (Å²) in [7, 11) is 0. The van der Waals surface area contributed by atoms with Crippen LogP contribution >= 0.6 is 0 Å². The van der Waals surface area contributed by atoms with Crippen molar-refractivity contribution in [3.8, 4) is 0 Å². The summed E-state index contributed by atoms with van der Waals surface area (Å²) in [5.41, 5.74) is 1.63. The number of amides is 3. The molecular formula is C11H13N3O3. The van der Waals surface area contributed by atoms with Gasteiger partial charge in [0.05, 0.1) is 5.69 Å². The fraction of sp³-hybridized carbons (Fsp3) is 0.455. The lowest BCUT2D eigenvalue weighted by Gasteiger charge is -2.12. The van der Waals surface area contributed by atoms with Crippen LogP contribution in [0.25, 0.3) is 0 Å². The average molecular weight is 235 g/mol. The van der Waals surface area contributed by atoms with Gasteiger partial charge in [0.15, 0.2) is 0 Å². The lowest BCUT2D eigenvalue weighted by Crippen LogP contribution is -2.38. The van der Waals surface area contributed by atoms with E-state index in [-0.39, 0.29) is 19.4 Å². The molecule has 6 heteroatoms. The number of imide groups is 3. The Morgan fingerprint density at radius 2 is 1.88 bits per heavy atom. The Hall–Kier alpha value is -1.98. The maximum Gasteiger partial charge on any atom is 0.257 e. The van der Waals surface area contributed by atoms with E-state index in [2.05, 4.69) is 5.10 Å². The maximum absolute atomic E-state index is 11.8. The van der Waals surface area contributed by atoms with Crippen molar-refractivity contribution in [2.24, 2.45) is 0 Å². The standard InChI is InChI=1S/C11H13N3O3/c1-7-5-8(2)13(12-7)6-11(17)14-9(15)3-4-10(14)16/h5H,3-4,6H2,1-2H3. The highest BCUT2D eigenvalue weighted by Crippen LogP contribution is 2.13. The molecule has 0 atom stereocenters. The highest BCUT2D eigenvalue weighted by atomic mass is 16.2. The molecule has 2 rings (SSSR count). The van der Waals surface area contributed by atoms with E-state index < -0.39 is 17.7 Å². The molecule has 90 valence electrons.